The second-order valence-electron chi connectivity index (χ2n) is 4.89. The van der Waals surface area contributed by atoms with E-state index in [1.54, 1.807) is 0 Å². The second kappa shape index (κ2) is 7.14. The molecular weight excluding hydrogens is 242 g/mol. The van der Waals surface area contributed by atoms with Crippen LogP contribution >= 0.6 is 0 Å². The van der Waals surface area contributed by atoms with Gasteiger partial charge in [-0.1, -0.05) is 24.6 Å². The Morgan fingerprint density at radius 3 is 3.00 bits per heavy atom. The lowest BCUT2D eigenvalue weighted by atomic mass is 10.0. The third kappa shape index (κ3) is 4.24. The van der Waals surface area contributed by atoms with Gasteiger partial charge in [0.25, 0.3) is 0 Å². The molecule has 0 aliphatic carbocycles. The largest absolute Gasteiger partial charge is 0.493 e. The van der Waals surface area contributed by atoms with Gasteiger partial charge in [0.1, 0.15) is 5.75 Å². The molecule has 2 rings (SSSR count). The summed E-state index contributed by atoms with van der Waals surface area (Å²) in [6.45, 7) is 1.69. The Morgan fingerprint density at radius 2 is 2.16 bits per heavy atom. The van der Waals surface area contributed by atoms with Crippen LogP contribution in [0.2, 0.25) is 0 Å². The van der Waals surface area contributed by atoms with E-state index in [0.717, 1.165) is 44.6 Å². The molecule has 0 fully saturated rings. The highest BCUT2D eigenvalue weighted by molar-refractivity contribution is 5.66. The van der Waals surface area contributed by atoms with E-state index >= 15 is 0 Å². The molecule has 104 valence electrons. The highest BCUT2D eigenvalue weighted by Gasteiger charge is 2.19. The van der Waals surface area contributed by atoms with E-state index < -0.39 is 5.97 Å². The van der Waals surface area contributed by atoms with Crippen molar-refractivity contribution in [3.05, 3.63) is 29.8 Å². The van der Waals surface area contributed by atoms with Crippen LogP contribution < -0.4 is 10.1 Å². The molecule has 1 aliphatic rings. The van der Waals surface area contributed by atoms with Crippen LogP contribution in [0.3, 0.4) is 0 Å². The van der Waals surface area contributed by atoms with E-state index in [4.69, 9.17) is 9.84 Å². The van der Waals surface area contributed by atoms with Gasteiger partial charge in [0.05, 0.1) is 6.61 Å². The summed E-state index contributed by atoms with van der Waals surface area (Å²) < 4.78 is 5.62. The minimum absolute atomic E-state index is 0.278. The van der Waals surface area contributed by atoms with Crippen molar-refractivity contribution in [1.82, 2.24) is 5.32 Å². The summed E-state index contributed by atoms with van der Waals surface area (Å²) in [5.41, 5.74) is 1.24. The first-order valence-corrected chi connectivity index (χ1v) is 6.94. The van der Waals surface area contributed by atoms with E-state index in [2.05, 4.69) is 11.4 Å². The zero-order valence-corrected chi connectivity index (χ0v) is 11.1. The van der Waals surface area contributed by atoms with Crippen molar-refractivity contribution >= 4 is 5.97 Å². The van der Waals surface area contributed by atoms with Gasteiger partial charge < -0.3 is 15.2 Å². The molecule has 4 heteroatoms. The molecule has 4 nitrogen and oxygen atoms in total. The number of para-hydroxylation sites is 1. The Balaban J connectivity index is 1.71. The van der Waals surface area contributed by atoms with Gasteiger partial charge in [-0.25, -0.2) is 0 Å². The average Bonchev–Trinajstić information content (AvgIpc) is 2.42. The van der Waals surface area contributed by atoms with Crippen molar-refractivity contribution in [3.63, 3.8) is 0 Å². The van der Waals surface area contributed by atoms with Gasteiger partial charge in [-0.2, -0.15) is 0 Å². The highest BCUT2D eigenvalue weighted by atomic mass is 16.5. The first-order valence-electron chi connectivity index (χ1n) is 6.94. The van der Waals surface area contributed by atoms with E-state index in [0.29, 0.717) is 6.04 Å². The SMILES string of the molecule is O=C(O)CCCCCNC1CCOc2ccccc21. The summed E-state index contributed by atoms with van der Waals surface area (Å²) in [5, 5.41) is 12.1. The number of hydrogen-bond donors (Lipinski definition) is 2. The monoisotopic (exact) mass is 263 g/mol. The number of fused-ring (bicyclic) bond motifs is 1. The topological polar surface area (TPSA) is 58.6 Å². The van der Waals surface area contributed by atoms with Crippen LogP contribution in [0.4, 0.5) is 0 Å². The number of nitrogens with one attached hydrogen (secondary N) is 1. The predicted molar refractivity (Wildman–Crippen MR) is 73.4 cm³/mol. The molecule has 0 spiro atoms. The number of carboxylic acid groups (broad SMARTS) is 1. The maximum Gasteiger partial charge on any atom is 0.303 e. The summed E-state index contributed by atoms with van der Waals surface area (Å²) in [4.78, 5) is 10.4. The van der Waals surface area contributed by atoms with E-state index in [1.807, 2.05) is 18.2 Å². The third-order valence-corrected chi connectivity index (χ3v) is 3.42. The Hall–Kier alpha value is -1.55. The fourth-order valence-electron chi connectivity index (χ4n) is 2.41. The third-order valence-electron chi connectivity index (χ3n) is 3.42. The molecule has 0 aromatic heterocycles. The van der Waals surface area contributed by atoms with Crippen molar-refractivity contribution in [2.45, 2.75) is 38.1 Å². The van der Waals surface area contributed by atoms with Gasteiger partial charge >= 0.3 is 5.97 Å². The lowest BCUT2D eigenvalue weighted by molar-refractivity contribution is -0.137. The Kier molecular flexibility index (Phi) is 5.21. The number of benzene rings is 1. The van der Waals surface area contributed by atoms with Crippen LogP contribution in [0.1, 0.15) is 43.7 Å². The quantitative estimate of drug-likeness (QED) is 0.743. The lowest BCUT2D eigenvalue weighted by Crippen LogP contribution is -2.27. The maximum atomic E-state index is 10.4. The molecule has 0 saturated heterocycles. The predicted octanol–water partition coefficient (Wildman–Crippen LogP) is 2.74. The molecule has 1 atom stereocenters. The first-order chi connectivity index (χ1) is 9.27. The zero-order valence-electron chi connectivity index (χ0n) is 11.1. The van der Waals surface area contributed by atoms with Gasteiger partial charge in [0.2, 0.25) is 0 Å². The molecule has 19 heavy (non-hydrogen) atoms. The number of ether oxygens (including phenoxy) is 1. The van der Waals surface area contributed by atoms with Gasteiger partial charge in [-0.05, 0) is 25.5 Å². The van der Waals surface area contributed by atoms with E-state index in [1.165, 1.54) is 5.56 Å². The number of hydrogen-bond acceptors (Lipinski definition) is 3. The maximum absolute atomic E-state index is 10.4. The van der Waals surface area contributed by atoms with Crippen molar-refractivity contribution in [3.8, 4) is 5.75 Å². The Morgan fingerprint density at radius 1 is 1.32 bits per heavy atom. The number of rotatable bonds is 7. The molecule has 0 radical (unpaired) electrons. The van der Waals surface area contributed by atoms with Crippen molar-refractivity contribution < 1.29 is 14.6 Å². The molecule has 0 saturated carbocycles. The molecule has 1 unspecified atom stereocenters. The van der Waals surface area contributed by atoms with Crippen molar-refractivity contribution in [2.24, 2.45) is 0 Å². The van der Waals surface area contributed by atoms with Crippen LogP contribution in [-0.2, 0) is 4.79 Å². The first kappa shape index (κ1) is 13.9. The number of carboxylic acids is 1. The fraction of sp³-hybridized carbons (Fsp3) is 0.533. The minimum Gasteiger partial charge on any atom is -0.493 e. The van der Waals surface area contributed by atoms with Gasteiger partial charge in [-0.3, -0.25) is 4.79 Å². The molecule has 0 amide bonds. The fourth-order valence-corrected chi connectivity index (χ4v) is 2.41. The Labute approximate surface area is 113 Å². The van der Waals surface area contributed by atoms with Crippen LogP contribution in [-0.4, -0.2) is 24.2 Å². The minimum atomic E-state index is -0.702. The number of unbranched alkanes of at least 4 members (excludes halogenated alkanes) is 2. The van der Waals surface area contributed by atoms with Crippen LogP contribution in [0, 0.1) is 0 Å². The van der Waals surface area contributed by atoms with Gasteiger partial charge in [0, 0.05) is 24.4 Å². The zero-order chi connectivity index (χ0) is 13.5. The summed E-state index contributed by atoms with van der Waals surface area (Å²) >= 11 is 0. The smallest absolute Gasteiger partial charge is 0.303 e. The summed E-state index contributed by atoms with van der Waals surface area (Å²) in [6.07, 6.45) is 4.02. The van der Waals surface area contributed by atoms with Crippen LogP contribution in [0.15, 0.2) is 24.3 Å². The standard InChI is InChI=1S/C15H21NO3/c17-15(18)8-2-1-5-10-16-13-9-11-19-14-7-4-3-6-12(13)14/h3-4,6-7,13,16H,1-2,5,8-11H2,(H,17,18). The highest BCUT2D eigenvalue weighted by Crippen LogP contribution is 2.31. The summed E-state index contributed by atoms with van der Waals surface area (Å²) in [5.74, 6) is 0.281. The molecule has 1 aliphatic heterocycles. The molecule has 1 aromatic carbocycles. The van der Waals surface area contributed by atoms with Crippen LogP contribution in [0.5, 0.6) is 5.75 Å². The number of carbonyl (C=O) groups is 1. The average molecular weight is 263 g/mol. The van der Waals surface area contributed by atoms with E-state index in [-0.39, 0.29) is 6.42 Å². The number of aliphatic carboxylic acids is 1. The van der Waals surface area contributed by atoms with E-state index in [9.17, 15) is 4.79 Å². The van der Waals surface area contributed by atoms with Crippen molar-refractivity contribution in [1.29, 1.82) is 0 Å². The van der Waals surface area contributed by atoms with Gasteiger partial charge in [-0.15, -0.1) is 0 Å². The lowest BCUT2D eigenvalue weighted by Gasteiger charge is -2.26. The van der Waals surface area contributed by atoms with Crippen molar-refractivity contribution in [2.75, 3.05) is 13.2 Å². The van der Waals surface area contributed by atoms with Gasteiger partial charge in [0.15, 0.2) is 0 Å². The van der Waals surface area contributed by atoms with Crippen LogP contribution in [0.25, 0.3) is 0 Å². The molecule has 2 N–H and O–H groups in total. The summed E-state index contributed by atoms with van der Waals surface area (Å²) in [7, 11) is 0. The molecular formula is C15H21NO3. The summed E-state index contributed by atoms with van der Waals surface area (Å²) in [6, 6.07) is 8.51. The normalized spacial score (nSPS) is 17.6. The molecule has 1 heterocycles. The molecule has 0 bridgehead atoms. The second-order valence-corrected chi connectivity index (χ2v) is 4.89. The Bertz CT molecular complexity index is 420. The molecule has 1 aromatic rings.